The van der Waals surface area contributed by atoms with Crippen LogP contribution in [0.1, 0.15) is 68.8 Å². The number of hydrogen-bond donors (Lipinski definition) is 1. The van der Waals surface area contributed by atoms with Crippen molar-refractivity contribution in [2.45, 2.75) is 52.9 Å². The molecule has 1 aromatic rings. The van der Waals surface area contributed by atoms with Gasteiger partial charge < -0.3 is 5.73 Å². The van der Waals surface area contributed by atoms with E-state index in [1.807, 2.05) is 44.2 Å². The molecule has 0 aliphatic heterocycles. The zero-order chi connectivity index (χ0) is 18.7. The Labute approximate surface area is 153 Å². The summed E-state index contributed by atoms with van der Waals surface area (Å²) in [5.41, 5.74) is 9.85. The number of carbonyl (C=O) groups is 1. The SMILES string of the molecule is C=C(C)/C=C\C(=C/C)c1ccc(C(=O)CCCC(CN)CCC)cc1. The molecule has 0 saturated heterocycles. The van der Waals surface area contributed by atoms with E-state index in [1.54, 1.807) is 0 Å². The van der Waals surface area contributed by atoms with Gasteiger partial charge in [-0.15, -0.1) is 0 Å². The molecule has 2 N–H and O–H groups in total. The van der Waals surface area contributed by atoms with Gasteiger partial charge in [0, 0.05) is 12.0 Å². The van der Waals surface area contributed by atoms with Crippen LogP contribution in [0.2, 0.25) is 0 Å². The molecule has 0 saturated carbocycles. The van der Waals surface area contributed by atoms with E-state index < -0.39 is 0 Å². The molecule has 0 radical (unpaired) electrons. The Bertz CT molecular complexity index is 607. The van der Waals surface area contributed by atoms with Crippen LogP contribution in [0.3, 0.4) is 0 Å². The summed E-state index contributed by atoms with van der Waals surface area (Å²) in [7, 11) is 0. The fraction of sp³-hybridized carbons (Fsp3) is 0.435. The van der Waals surface area contributed by atoms with E-state index >= 15 is 0 Å². The third-order valence-electron chi connectivity index (χ3n) is 4.45. The lowest BCUT2D eigenvalue weighted by Gasteiger charge is -2.12. The van der Waals surface area contributed by atoms with Gasteiger partial charge in [-0.05, 0) is 56.7 Å². The average molecular weight is 340 g/mol. The summed E-state index contributed by atoms with van der Waals surface area (Å²) in [6, 6.07) is 7.90. The van der Waals surface area contributed by atoms with Gasteiger partial charge in [0.1, 0.15) is 0 Å². The Morgan fingerprint density at radius 3 is 2.32 bits per heavy atom. The highest BCUT2D eigenvalue weighted by atomic mass is 16.1. The maximum atomic E-state index is 12.4. The highest BCUT2D eigenvalue weighted by Gasteiger charge is 2.09. The first-order chi connectivity index (χ1) is 12.0. The van der Waals surface area contributed by atoms with Crippen molar-refractivity contribution in [3.8, 4) is 0 Å². The second-order valence-corrected chi connectivity index (χ2v) is 6.71. The molecule has 1 aromatic carbocycles. The van der Waals surface area contributed by atoms with Crippen molar-refractivity contribution in [1.82, 2.24) is 0 Å². The quantitative estimate of drug-likeness (QED) is 0.400. The standard InChI is InChI=1S/C23H33NO/c1-5-8-19(17-24)9-7-10-23(25)22-15-13-21(14-16-22)20(6-2)12-11-18(3)4/h6,11-16,19H,3,5,7-10,17,24H2,1-2,4H3/b12-11-,20-6+. The molecule has 1 atom stereocenters. The van der Waals surface area contributed by atoms with Crippen LogP contribution in [0.15, 0.2) is 54.6 Å². The molecular weight excluding hydrogens is 306 g/mol. The Morgan fingerprint density at radius 2 is 1.80 bits per heavy atom. The minimum Gasteiger partial charge on any atom is -0.330 e. The molecule has 0 spiro atoms. The van der Waals surface area contributed by atoms with Crippen molar-refractivity contribution in [2.24, 2.45) is 11.7 Å². The predicted molar refractivity (Wildman–Crippen MR) is 110 cm³/mol. The number of nitrogens with two attached hydrogens (primary N) is 1. The van der Waals surface area contributed by atoms with Crippen LogP contribution in [0.5, 0.6) is 0 Å². The van der Waals surface area contributed by atoms with Crippen LogP contribution in [0.25, 0.3) is 5.57 Å². The molecule has 2 nitrogen and oxygen atoms in total. The second-order valence-electron chi connectivity index (χ2n) is 6.71. The first kappa shape index (κ1) is 21.1. The molecule has 1 unspecified atom stereocenters. The largest absolute Gasteiger partial charge is 0.330 e. The zero-order valence-corrected chi connectivity index (χ0v) is 16.1. The Balaban J connectivity index is 2.63. The Morgan fingerprint density at radius 1 is 1.16 bits per heavy atom. The molecule has 0 amide bonds. The topological polar surface area (TPSA) is 43.1 Å². The first-order valence-corrected chi connectivity index (χ1v) is 9.35. The van der Waals surface area contributed by atoms with Crippen molar-refractivity contribution >= 4 is 11.4 Å². The fourth-order valence-electron chi connectivity index (χ4n) is 2.92. The van der Waals surface area contributed by atoms with Crippen LogP contribution in [0, 0.1) is 5.92 Å². The smallest absolute Gasteiger partial charge is 0.162 e. The van der Waals surface area contributed by atoms with Crippen molar-refractivity contribution in [1.29, 1.82) is 0 Å². The summed E-state index contributed by atoms with van der Waals surface area (Å²) < 4.78 is 0. The Hall–Kier alpha value is -1.93. The van der Waals surface area contributed by atoms with Crippen LogP contribution in [-0.4, -0.2) is 12.3 Å². The summed E-state index contributed by atoms with van der Waals surface area (Å²) in [6.07, 6.45) is 11.0. The maximum absolute atomic E-state index is 12.4. The highest BCUT2D eigenvalue weighted by Crippen LogP contribution is 2.19. The number of hydrogen-bond acceptors (Lipinski definition) is 2. The number of ketones is 1. The predicted octanol–water partition coefficient (Wildman–Crippen LogP) is 5.95. The lowest BCUT2D eigenvalue weighted by atomic mass is 9.95. The minimum atomic E-state index is 0.221. The van der Waals surface area contributed by atoms with Crippen molar-refractivity contribution in [3.63, 3.8) is 0 Å². The van der Waals surface area contributed by atoms with E-state index in [0.717, 1.165) is 54.5 Å². The summed E-state index contributed by atoms with van der Waals surface area (Å²) in [6.45, 7) is 10.8. The van der Waals surface area contributed by atoms with Crippen LogP contribution >= 0.6 is 0 Å². The lowest BCUT2D eigenvalue weighted by molar-refractivity contribution is 0.0977. The highest BCUT2D eigenvalue weighted by molar-refractivity contribution is 5.96. The first-order valence-electron chi connectivity index (χ1n) is 9.35. The molecule has 0 aliphatic carbocycles. The van der Waals surface area contributed by atoms with E-state index in [0.29, 0.717) is 12.3 Å². The number of rotatable bonds is 11. The van der Waals surface area contributed by atoms with E-state index in [-0.39, 0.29) is 5.78 Å². The number of carbonyl (C=O) groups excluding carboxylic acids is 1. The molecule has 136 valence electrons. The molecule has 0 heterocycles. The van der Waals surface area contributed by atoms with Gasteiger partial charge in [-0.2, -0.15) is 0 Å². The third-order valence-corrected chi connectivity index (χ3v) is 4.45. The van der Waals surface area contributed by atoms with Gasteiger partial charge in [-0.25, -0.2) is 0 Å². The van der Waals surface area contributed by atoms with Gasteiger partial charge in [-0.1, -0.05) is 68.0 Å². The van der Waals surface area contributed by atoms with Crippen LogP contribution < -0.4 is 5.73 Å². The normalized spacial score (nSPS) is 13.2. The number of benzene rings is 1. The van der Waals surface area contributed by atoms with Gasteiger partial charge in [0.05, 0.1) is 0 Å². The number of allylic oxidation sites excluding steroid dienone is 5. The lowest BCUT2D eigenvalue weighted by Crippen LogP contribution is -2.14. The van der Waals surface area contributed by atoms with Gasteiger partial charge in [0.2, 0.25) is 0 Å². The van der Waals surface area contributed by atoms with Gasteiger partial charge in [0.15, 0.2) is 5.78 Å². The summed E-state index contributed by atoms with van der Waals surface area (Å²) in [4.78, 5) is 12.4. The minimum absolute atomic E-state index is 0.221. The van der Waals surface area contributed by atoms with E-state index in [9.17, 15) is 4.79 Å². The van der Waals surface area contributed by atoms with Crippen LogP contribution in [0.4, 0.5) is 0 Å². The van der Waals surface area contributed by atoms with Gasteiger partial charge in [0.25, 0.3) is 0 Å². The van der Waals surface area contributed by atoms with Crippen molar-refractivity contribution in [2.75, 3.05) is 6.54 Å². The maximum Gasteiger partial charge on any atom is 0.162 e. The molecular formula is C23H33NO. The molecule has 0 aliphatic rings. The molecule has 2 heteroatoms. The number of Topliss-reactive ketones (excluding diaryl/α,β-unsaturated/α-hetero) is 1. The van der Waals surface area contributed by atoms with Crippen LogP contribution in [-0.2, 0) is 0 Å². The second kappa shape index (κ2) is 11.6. The average Bonchev–Trinajstić information content (AvgIpc) is 2.61. The van der Waals surface area contributed by atoms with Crippen molar-refractivity contribution in [3.05, 3.63) is 65.8 Å². The molecule has 25 heavy (non-hydrogen) atoms. The molecule has 1 rings (SSSR count). The summed E-state index contributed by atoms with van der Waals surface area (Å²) in [5.74, 6) is 0.774. The Kier molecular flexibility index (Phi) is 9.79. The van der Waals surface area contributed by atoms with Gasteiger partial charge >= 0.3 is 0 Å². The van der Waals surface area contributed by atoms with Gasteiger partial charge in [-0.3, -0.25) is 4.79 Å². The monoisotopic (exact) mass is 339 g/mol. The molecule has 0 aromatic heterocycles. The van der Waals surface area contributed by atoms with E-state index in [2.05, 4.69) is 25.7 Å². The molecule has 0 bridgehead atoms. The summed E-state index contributed by atoms with van der Waals surface area (Å²) in [5, 5.41) is 0. The third kappa shape index (κ3) is 7.66. The fourth-order valence-corrected chi connectivity index (χ4v) is 2.92. The van der Waals surface area contributed by atoms with E-state index in [1.165, 1.54) is 0 Å². The van der Waals surface area contributed by atoms with Crippen molar-refractivity contribution < 1.29 is 4.79 Å². The zero-order valence-electron chi connectivity index (χ0n) is 16.1. The summed E-state index contributed by atoms with van der Waals surface area (Å²) >= 11 is 0. The van der Waals surface area contributed by atoms with E-state index in [4.69, 9.17) is 5.73 Å². The molecule has 0 fully saturated rings.